The van der Waals surface area contributed by atoms with E-state index >= 15 is 0 Å². The number of thiazole rings is 1. The molecule has 3 radical (unpaired) electrons. The summed E-state index contributed by atoms with van der Waals surface area (Å²) in [6.45, 7) is 0.363. The van der Waals surface area contributed by atoms with Gasteiger partial charge in [-0.2, -0.15) is 0 Å². The molecule has 1 fully saturated rings. The van der Waals surface area contributed by atoms with Crippen LogP contribution in [0.4, 0.5) is 0 Å². The minimum absolute atomic E-state index is 0.363. The Morgan fingerprint density at radius 1 is 1.44 bits per heavy atom. The second-order valence-electron chi connectivity index (χ2n) is 4.09. The molecular formula is C10H9B4N2OS. The first kappa shape index (κ1) is 11.9. The topological polar surface area (TPSA) is 35.0 Å². The fourth-order valence-corrected chi connectivity index (χ4v) is 2.74. The standard InChI is InChI=1S/C10H9B4N2OS/c1-17-9-8(10-15-2-3-18-10)4-7(5-16-9)14-12-6-11-13-14/h2-5H,6H2,1H3. The third-order valence-corrected chi connectivity index (χ3v) is 3.79. The first-order chi connectivity index (χ1) is 8.88. The first-order valence-corrected chi connectivity index (χ1v) is 6.70. The minimum atomic E-state index is 0.363. The monoisotopic (exact) mass is 249 g/mol. The maximum absolute atomic E-state index is 5.31. The van der Waals surface area contributed by atoms with Crippen molar-refractivity contribution in [1.29, 1.82) is 0 Å². The van der Waals surface area contributed by atoms with Gasteiger partial charge in [-0.05, 0) is 0 Å². The molecule has 1 aliphatic heterocycles. The molecule has 0 aromatic carbocycles. The molecule has 2 aromatic rings. The Bertz CT molecular complexity index is 531. The highest BCUT2D eigenvalue weighted by Crippen LogP contribution is 2.28. The molecule has 0 aliphatic carbocycles. The largest absolute Gasteiger partial charge is 0.480 e. The highest BCUT2D eigenvalue weighted by Gasteiger charge is 2.24. The number of ether oxygens (including phenoxy) is 1. The lowest BCUT2D eigenvalue weighted by atomic mass is 9.03. The van der Waals surface area contributed by atoms with Crippen molar-refractivity contribution in [2.24, 2.45) is 0 Å². The highest BCUT2D eigenvalue weighted by molar-refractivity contribution is 7.61. The molecule has 3 nitrogen and oxygen atoms in total. The molecule has 0 unspecified atom stereocenters. The molecule has 3 rings (SSSR count). The summed E-state index contributed by atoms with van der Waals surface area (Å²) in [6, 6.07) is 2.13. The number of hydrogen-bond acceptors (Lipinski definition) is 4. The summed E-state index contributed by atoms with van der Waals surface area (Å²) in [6.07, 6.45) is 4.71. The SMILES string of the molecule is COc1ncc(B2[B][B]C[B]2)cc1-c1nccs1. The van der Waals surface area contributed by atoms with E-state index in [0.29, 0.717) is 12.4 Å². The second-order valence-corrected chi connectivity index (χ2v) is 4.98. The number of pyridine rings is 1. The zero-order valence-electron chi connectivity index (χ0n) is 10.0. The molecule has 8 heteroatoms. The third kappa shape index (κ3) is 2.21. The smallest absolute Gasteiger partial charge is 0.223 e. The number of hydrogen-bond donors (Lipinski definition) is 0. The van der Waals surface area contributed by atoms with Crippen LogP contribution in [0.2, 0.25) is 6.22 Å². The van der Waals surface area contributed by atoms with Crippen LogP contribution in [0.25, 0.3) is 10.6 Å². The van der Waals surface area contributed by atoms with Gasteiger partial charge in [0, 0.05) is 32.0 Å². The van der Waals surface area contributed by atoms with Gasteiger partial charge in [0.1, 0.15) is 5.01 Å². The van der Waals surface area contributed by atoms with E-state index in [4.69, 9.17) is 4.74 Å². The average molecular weight is 249 g/mol. The van der Waals surface area contributed by atoms with Crippen molar-refractivity contribution in [3.8, 4) is 16.5 Å². The van der Waals surface area contributed by atoms with Crippen molar-refractivity contribution < 1.29 is 4.74 Å². The number of aromatic nitrogens is 2. The summed E-state index contributed by atoms with van der Waals surface area (Å²) >= 11 is 1.60. The fourth-order valence-electron chi connectivity index (χ4n) is 2.10. The zero-order valence-corrected chi connectivity index (χ0v) is 10.9. The van der Waals surface area contributed by atoms with Gasteiger partial charge in [-0.15, -0.1) is 17.6 Å². The average Bonchev–Trinajstić information content (AvgIpc) is 3.11. The second kappa shape index (κ2) is 5.22. The van der Waals surface area contributed by atoms with E-state index in [1.165, 1.54) is 5.46 Å². The van der Waals surface area contributed by atoms with E-state index in [1.807, 2.05) is 11.6 Å². The van der Waals surface area contributed by atoms with E-state index in [1.54, 1.807) is 24.6 Å². The summed E-state index contributed by atoms with van der Waals surface area (Å²) in [7, 11) is 8.29. The van der Waals surface area contributed by atoms with Crippen molar-refractivity contribution in [2.45, 2.75) is 6.22 Å². The summed E-state index contributed by atoms with van der Waals surface area (Å²) in [5.41, 5.74) is 2.16. The lowest BCUT2D eigenvalue weighted by molar-refractivity contribution is 0.400. The molecule has 0 atom stereocenters. The van der Waals surface area contributed by atoms with E-state index < -0.39 is 0 Å². The fraction of sp³-hybridized carbons (Fsp3) is 0.200. The van der Waals surface area contributed by atoms with E-state index in [0.717, 1.165) is 16.8 Å². The Labute approximate surface area is 113 Å². The Morgan fingerprint density at radius 3 is 3.06 bits per heavy atom. The van der Waals surface area contributed by atoms with Gasteiger partial charge in [-0.3, -0.25) is 0 Å². The molecular weight excluding hydrogens is 239 g/mol. The number of rotatable bonds is 3. The molecule has 18 heavy (non-hydrogen) atoms. The molecule has 0 amide bonds. The van der Waals surface area contributed by atoms with Crippen molar-refractivity contribution in [1.82, 2.24) is 9.97 Å². The van der Waals surface area contributed by atoms with Crippen LogP contribution in [-0.4, -0.2) is 45.0 Å². The zero-order chi connectivity index (χ0) is 12.4. The first-order valence-electron chi connectivity index (χ1n) is 5.82. The van der Waals surface area contributed by atoms with Gasteiger partial charge in [0.25, 0.3) is 0 Å². The lowest BCUT2D eigenvalue weighted by Crippen LogP contribution is -2.39. The quantitative estimate of drug-likeness (QED) is 0.734. The number of nitrogens with zero attached hydrogens (tertiary/aromatic N) is 2. The van der Waals surface area contributed by atoms with Crippen LogP contribution in [0.15, 0.2) is 23.8 Å². The van der Waals surface area contributed by atoms with Crippen molar-refractivity contribution in [2.75, 3.05) is 7.11 Å². The molecule has 0 spiro atoms. The maximum atomic E-state index is 5.31. The van der Waals surface area contributed by atoms with Crippen molar-refractivity contribution in [3.63, 3.8) is 0 Å². The van der Waals surface area contributed by atoms with Crippen LogP contribution < -0.4 is 10.2 Å². The van der Waals surface area contributed by atoms with Gasteiger partial charge < -0.3 is 4.74 Å². The third-order valence-electron chi connectivity index (χ3n) is 2.98. The molecule has 1 aliphatic rings. The van der Waals surface area contributed by atoms with Gasteiger partial charge in [0.05, 0.1) is 26.3 Å². The Hall–Kier alpha value is -1.16. The molecule has 0 N–H and O–H groups in total. The summed E-state index contributed by atoms with van der Waals surface area (Å²) in [4.78, 5) is 8.72. The lowest BCUT2D eigenvalue weighted by Gasteiger charge is -2.10. The maximum Gasteiger partial charge on any atom is 0.223 e. The molecule has 83 valence electrons. The van der Waals surface area contributed by atoms with Crippen LogP contribution in [-0.2, 0) is 0 Å². The van der Waals surface area contributed by atoms with E-state index in [-0.39, 0.29) is 0 Å². The van der Waals surface area contributed by atoms with E-state index in [2.05, 4.69) is 37.4 Å². The normalized spacial score (nSPS) is 13.7. The van der Waals surface area contributed by atoms with Crippen LogP contribution in [0, 0.1) is 0 Å². The molecule has 1 saturated heterocycles. The van der Waals surface area contributed by atoms with Crippen LogP contribution in [0.3, 0.4) is 0 Å². The Balaban J connectivity index is 2.01. The molecule has 0 saturated carbocycles. The van der Waals surface area contributed by atoms with Gasteiger partial charge in [-0.1, -0.05) is 11.5 Å². The molecule has 2 aromatic heterocycles. The summed E-state index contributed by atoms with van der Waals surface area (Å²) < 4.78 is 5.31. The molecule has 3 heterocycles. The number of methoxy groups -OCH3 is 1. The van der Waals surface area contributed by atoms with Gasteiger partial charge in [0.2, 0.25) is 5.88 Å². The van der Waals surface area contributed by atoms with E-state index in [9.17, 15) is 0 Å². The van der Waals surface area contributed by atoms with Crippen molar-refractivity contribution in [3.05, 3.63) is 23.8 Å². The predicted octanol–water partition coefficient (Wildman–Crippen LogP) is 0.326. The van der Waals surface area contributed by atoms with Gasteiger partial charge in [0.15, 0.2) is 0 Å². The minimum Gasteiger partial charge on any atom is -0.480 e. The summed E-state index contributed by atoms with van der Waals surface area (Å²) in [5, 5.41) is 2.91. The Morgan fingerprint density at radius 2 is 2.39 bits per heavy atom. The Kier molecular flexibility index (Phi) is 3.45. The highest BCUT2D eigenvalue weighted by atomic mass is 32.1. The van der Waals surface area contributed by atoms with Gasteiger partial charge in [-0.25, -0.2) is 9.97 Å². The molecule has 0 bridgehead atoms. The summed E-state index contributed by atoms with van der Waals surface area (Å²) in [5.74, 6) is 0.635. The van der Waals surface area contributed by atoms with Crippen LogP contribution in [0.1, 0.15) is 0 Å². The van der Waals surface area contributed by atoms with Gasteiger partial charge >= 0.3 is 0 Å². The van der Waals surface area contributed by atoms with Crippen LogP contribution >= 0.6 is 11.3 Å². The van der Waals surface area contributed by atoms with Crippen molar-refractivity contribution >= 4 is 44.7 Å². The van der Waals surface area contributed by atoms with Crippen LogP contribution in [0.5, 0.6) is 5.88 Å². The predicted molar refractivity (Wildman–Crippen MR) is 79.4 cm³/mol.